The summed E-state index contributed by atoms with van der Waals surface area (Å²) in [5, 5.41) is 18.0. The summed E-state index contributed by atoms with van der Waals surface area (Å²) in [6.45, 7) is -0.488. The van der Waals surface area contributed by atoms with Crippen LogP contribution in [0.4, 0.5) is 10.1 Å². The SMILES string of the molecule is N#Cc1c(F)cccc1N(CC(=O)O)C1CCS(=O)(=O)C1. The quantitative estimate of drug-likeness (QED) is 0.882. The molecule has 8 heteroatoms. The van der Waals surface area contributed by atoms with Crippen molar-refractivity contribution in [3.63, 3.8) is 0 Å². The maximum Gasteiger partial charge on any atom is 0.323 e. The molecule has 0 radical (unpaired) electrons. The highest BCUT2D eigenvalue weighted by molar-refractivity contribution is 7.91. The average Bonchev–Trinajstić information content (AvgIpc) is 2.75. The summed E-state index contributed by atoms with van der Waals surface area (Å²) >= 11 is 0. The van der Waals surface area contributed by atoms with E-state index in [0.717, 1.165) is 6.07 Å². The van der Waals surface area contributed by atoms with E-state index in [1.165, 1.54) is 17.0 Å². The van der Waals surface area contributed by atoms with Crippen LogP contribution in [0.25, 0.3) is 0 Å². The average molecular weight is 312 g/mol. The monoisotopic (exact) mass is 312 g/mol. The zero-order valence-corrected chi connectivity index (χ0v) is 11.8. The Morgan fingerprint density at radius 3 is 2.76 bits per heavy atom. The van der Waals surface area contributed by atoms with Crippen LogP contribution in [-0.2, 0) is 14.6 Å². The van der Waals surface area contributed by atoms with Crippen molar-refractivity contribution in [2.24, 2.45) is 0 Å². The van der Waals surface area contributed by atoms with Crippen LogP contribution in [0.3, 0.4) is 0 Å². The minimum atomic E-state index is -3.23. The standard InChI is InChI=1S/C13H13FN2O4S/c14-11-2-1-3-12(10(11)6-15)16(7-13(17)18)9-4-5-21(19,20)8-9/h1-3,9H,4-5,7-8H2,(H,17,18). The lowest BCUT2D eigenvalue weighted by Gasteiger charge is -2.29. The predicted molar refractivity (Wildman–Crippen MR) is 73.2 cm³/mol. The molecule has 0 aliphatic carbocycles. The number of nitriles is 1. The van der Waals surface area contributed by atoms with Crippen molar-refractivity contribution in [3.05, 3.63) is 29.6 Å². The molecule has 6 nitrogen and oxygen atoms in total. The molecule has 1 atom stereocenters. The summed E-state index contributed by atoms with van der Waals surface area (Å²) in [5.41, 5.74) is -0.162. The Bertz CT molecular complexity index is 711. The molecule has 2 rings (SSSR count). The van der Waals surface area contributed by atoms with Gasteiger partial charge in [-0.2, -0.15) is 5.26 Å². The number of carboxylic acid groups (broad SMARTS) is 1. The predicted octanol–water partition coefficient (Wildman–Crippen LogP) is 0.775. The van der Waals surface area contributed by atoms with Gasteiger partial charge in [0.25, 0.3) is 0 Å². The molecule has 0 spiro atoms. The highest BCUT2D eigenvalue weighted by Crippen LogP contribution is 2.28. The minimum absolute atomic E-state index is 0.0367. The van der Waals surface area contributed by atoms with Gasteiger partial charge in [0.2, 0.25) is 0 Å². The first-order valence-electron chi connectivity index (χ1n) is 6.21. The molecule has 0 aromatic heterocycles. The Balaban J connectivity index is 2.45. The van der Waals surface area contributed by atoms with Crippen molar-refractivity contribution in [2.45, 2.75) is 12.5 Å². The summed E-state index contributed by atoms with van der Waals surface area (Å²) in [7, 11) is -3.23. The molecule has 1 fully saturated rings. The number of carbonyl (C=O) groups is 1. The van der Waals surface area contributed by atoms with Crippen molar-refractivity contribution < 1.29 is 22.7 Å². The third-order valence-corrected chi connectivity index (χ3v) is 5.12. The number of aliphatic carboxylic acids is 1. The van der Waals surface area contributed by atoms with Gasteiger partial charge in [0, 0.05) is 6.04 Å². The number of benzene rings is 1. The lowest BCUT2D eigenvalue weighted by molar-refractivity contribution is -0.135. The molecule has 0 saturated carbocycles. The summed E-state index contributed by atoms with van der Waals surface area (Å²) < 4.78 is 36.8. The van der Waals surface area contributed by atoms with Crippen LogP contribution in [-0.4, -0.2) is 43.6 Å². The van der Waals surface area contributed by atoms with Crippen LogP contribution in [0, 0.1) is 17.1 Å². The van der Waals surface area contributed by atoms with Crippen molar-refractivity contribution in [3.8, 4) is 6.07 Å². The number of carboxylic acids is 1. The Labute approximate surface area is 121 Å². The Hall–Kier alpha value is -2.14. The van der Waals surface area contributed by atoms with Gasteiger partial charge in [0.05, 0.1) is 17.2 Å². The van der Waals surface area contributed by atoms with E-state index in [2.05, 4.69) is 0 Å². The molecule has 112 valence electrons. The number of anilines is 1. The number of nitrogens with zero attached hydrogens (tertiary/aromatic N) is 2. The summed E-state index contributed by atoms with van der Waals surface area (Å²) in [5.74, 6) is -2.16. The third kappa shape index (κ3) is 3.31. The van der Waals surface area contributed by atoms with E-state index in [0.29, 0.717) is 0 Å². The van der Waals surface area contributed by atoms with Crippen LogP contribution in [0.2, 0.25) is 0 Å². The molecular formula is C13H13FN2O4S. The Morgan fingerprint density at radius 1 is 1.52 bits per heavy atom. The first-order valence-corrected chi connectivity index (χ1v) is 8.03. The maximum absolute atomic E-state index is 13.7. The first kappa shape index (κ1) is 15.3. The fourth-order valence-electron chi connectivity index (χ4n) is 2.44. The van der Waals surface area contributed by atoms with Crippen molar-refractivity contribution in [1.29, 1.82) is 5.26 Å². The van der Waals surface area contributed by atoms with E-state index in [1.807, 2.05) is 0 Å². The van der Waals surface area contributed by atoms with E-state index in [-0.39, 0.29) is 29.2 Å². The van der Waals surface area contributed by atoms with Gasteiger partial charge in [-0.05, 0) is 18.6 Å². The van der Waals surface area contributed by atoms with Crippen LogP contribution in [0.5, 0.6) is 0 Å². The van der Waals surface area contributed by atoms with E-state index in [9.17, 15) is 17.6 Å². The third-order valence-electron chi connectivity index (χ3n) is 3.37. The Morgan fingerprint density at radius 2 is 2.24 bits per heavy atom. The van der Waals surface area contributed by atoms with Gasteiger partial charge in [0.15, 0.2) is 9.84 Å². The van der Waals surface area contributed by atoms with E-state index in [4.69, 9.17) is 10.4 Å². The second-order valence-corrected chi connectivity index (χ2v) is 7.05. The number of halogens is 1. The van der Waals surface area contributed by atoms with Gasteiger partial charge in [-0.15, -0.1) is 0 Å². The molecule has 1 unspecified atom stereocenters. The first-order chi connectivity index (χ1) is 9.84. The number of sulfone groups is 1. The summed E-state index contributed by atoms with van der Waals surface area (Å²) in [6, 6.07) is 5.03. The molecule has 1 heterocycles. The normalized spacial score (nSPS) is 19.9. The molecule has 1 saturated heterocycles. The molecule has 1 aliphatic rings. The van der Waals surface area contributed by atoms with Crippen LogP contribution >= 0.6 is 0 Å². The summed E-state index contributed by atoms with van der Waals surface area (Å²) in [4.78, 5) is 12.3. The molecule has 0 amide bonds. The number of hydrogen-bond acceptors (Lipinski definition) is 5. The zero-order valence-electron chi connectivity index (χ0n) is 11.0. The van der Waals surface area contributed by atoms with Gasteiger partial charge in [-0.3, -0.25) is 4.79 Å². The number of rotatable bonds is 4. The molecular weight excluding hydrogens is 299 g/mol. The van der Waals surface area contributed by atoms with Crippen molar-refractivity contribution in [2.75, 3.05) is 23.0 Å². The lowest BCUT2D eigenvalue weighted by atomic mass is 10.1. The fourth-order valence-corrected chi connectivity index (χ4v) is 4.17. The highest BCUT2D eigenvalue weighted by Gasteiger charge is 2.34. The maximum atomic E-state index is 13.7. The zero-order chi connectivity index (χ0) is 15.6. The molecule has 1 aromatic carbocycles. The molecule has 0 bridgehead atoms. The van der Waals surface area contributed by atoms with E-state index >= 15 is 0 Å². The smallest absolute Gasteiger partial charge is 0.323 e. The Kier molecular flexibility index (Phi) is 4.14. The highest BCUT2D eigenvalue weighted by atomic mass is 32.2. The van der Waals surface area contributed by atoms with Gasteiger partial charge in [-0.25, -0.2) is 12.8 Å². The topological polar surface area (TPSA) is 98.5 Å². The molecule has 21 heavy (non-hydrogen) atoms. The minimum Gasteiger partial charge on any atom is -0.480 e. The second-order valence-electron chi connectivity index (χ2n) is 4.82. The van der Waals surface area contributed by atoms with Gasteiger partial charge < -0.3 is 10.0 Å². The molecule has 1 N–H and O–H groups in total. The lowest BCUT2D eigenvalue weighted by Crippen LogP contribution is -2.40. The molecule has 1 aliphatic heterocycles. The van der Waals surface area contributed by atoms with E-state index in [1.54, 1.807) is 6.07 Å². The fraction of sp³-hybridized carbons (Fsp3) is 0.385. The van der Waals surface area contributed by atoms with Crippen molar-refractivity contribution >= 4 is 21.5 Å². The largest absolute Gasteiger partial charge is 0.480 e. The van der Waals surface area contributed by atoms with Gasteiger partial charge in [0.1, 0.15) is 24.0 Å². The van der Waals surface area contributed by atoms with Crippen LogP contribution in [0.15, 0.2) is 18.2 Å². The van der Waals surface area contributed by atoms with Crippen molar-refractivity contribution in [1.82, 2.24) is 0 Å². The van der Waals surface area contributed by atoms with Gasteiger partial charge >= 0.3 is 5.97 Å². The molecule has 1 aromatic rings. The van der Waals surface area contributed by atoms with E-state index < -0.39 is 34.2 Å². The number of hydrogen-bond donors (Lipinski definition) is 1. The summed E-state index contributed by atoms with van der Waals surface area (Å²) in [6.07, 6.45) is 0.261. The van der Waals surface area contributed by atoms with Gasteiger partial charge in [-0.1, -0.05) is 6.07 Å². The second kappa shape index (κ2) is 5.69. The van der Waals surface area contributed by atoms with Crippen LogP contribution in [0.1, 0.15) is 12.0 Å². The van der Waals surface area contributed by atoms with Crippen LogP contribution < -0.4 is 4.90 Å².